The van der Waals surface area contributed by atoms with Gasteiger partial charge < -0.3 is 19.5 Å². The fraction of sp³-hybridized carbons (Fsp3) is 0.690. The number of pyridine rings is 1. The van der Waals surface area contributed by atoms with Gasteiger partial charge in [0.2, 0.25) is 0 Å². The first-order valence-corrected chi connectivity index (χ1v) is 13.4. The minimum absolute atomic E-state index is 0.264. The first-order chi connectivity index (χ1) is 16.9. The van der Waals surface area contributed by atoms with Crippen LogP contribution in [0.5, 0.6) is 0 Å². The van der Waals surface area contributed by atoms with E-state index in [9.17, 15) is 9.90 Å². The summed E-state index contributed by atoms with van der Waals surface area (Å²) in [6.07, 6.45) is 11.3. The molecule has 2 aliphatic rings. The van der Waals surface area contributed by atoms with Crippen LogP contribution in [0, 0.1) is 12.3 Å². The summed E-state index contributed by atoms with van der Waals surface area (Å²) in [7, 11) is 0. The molecule has 3 heterocycles. The second-order valence-electron chi connectivity index (χ2n) is 12.0. The summed E-state index contributed by atoms with van der Waals surface area (Å²) in [5, 5.41) is 10.1. The molecule has 3 rings (SSSR count). The highest BCUT2D eigenvalue weighted by Crippen LogP contribution is 2.38. The van der Waals surface area contributed by atoms with Crippen LogP contribution < -0.4 is 4.90 Å². The van der Waals surface area contributed by atoms with E-state index in [1.807, 2.05) is 46.0 Å². The van der Waals surface area contributed by atoms with Gasteiger partial charge in [0.1, 0.15) is 0 Å². The number of carboxylic acids is 1. The van der Waals surface area contributed by atoms with Crippen LogP contribution in [0.3, 0.4) is 0 Å². The molecule has 0 amide bonds. The van der Waals surface area contributed by atoms with E-state index < -0.39 is 23.3 Å². The van der Waals surface area contributed by atoms with Crippen LogP contribution in [-0.2, 0) is 14.3 Å². The van der Waals surface area contributed by atoms with Gasteiger partial charge in [-0.1, -0.05) is 39.7 Å². The molecule has 36 heavy (non-hydrogen) atoms. The van der Waals surface area contributed by atoms with Gasteiger partial charge >= 0.3 is 5.97 Å². The summed E-state index contributed by atoms with van der Waals surface area (Å²) >= 11 is 0. The third kappa shape index (κ3) is 7.16. The van der Waals surface area contributed by atoms with Crippen LogP contribution in [0.1, 0.15) is 90.9 Å². The number of rotatable bonds is 10. The second-order valence-corrected chi connectivity index (χ2v) is 12.0. The van der Waals surface area contributed by atoms with Crippen LogP contribution in [0.25, 0.3) is 0 Å². The number of aliphatic carboxylic acids is 1. The normalized spacial score (nSPS) is 24.6. The largest absolute Gasteiger partial charge is 0.479 e. The molecule has 1 aromatic heterocycles. The van der Waals surface area contributed by atoms with Crippen LogP contribution in [-0.4, -0.2) is 59.3 Å². The average Bonchev–Trinajstić information content (AvgIpc) is 2.80. The maximum absolute atomic E-state index is 12.4. The van der Waals surface area contributed by atoms with E-state index in [4.69, 9.17) is 14.5 Å². The second kappa shape index (κ2) is 11.4. The number of aromatic nitrogens is 1. The Morgan fingerprint density at radius 1 is 1.25 bits per heavy atom. The molecule has 7 heteroatoms. The zero-order chi connectivity index (χ0) is 26.6. The lowest BCUT2D eigenvalue weighted by Crippen LogP contribution is -2.54. The van der Waals surface area contributed by atoms with Gasteiger partial charge in [-0.05, 0) is 64.5 Å². The Bertz CT molecular complexity index is 940. The lowest BCUT2D eigenvalue weighted by molar-refractivity contribution is -0.179. The van der Waals surface area contributed by atoms with E-state index in [0.29, 0.717) is 12.0 Å². The molecular weight excluding hydrogens is 454 g/mol. The molecule has 2 aliphatic heterocycles. The number of nitrogens with zero attached hydrogens (tertiary/aromatic N) is 3. The lowest BCUT2D eigenvalue weighted by atomic mass is 9.82. The topological polar surface area (TPSA) is 84.2 Å². The van der Waals surface area contributed by atoms with Gasteiger partial charge in [0.15, 0.2) is 11.7 Å². The predicted molar refractivity (Wildman–Crippen MR) is 145 cm³/mol. The molecule has 7 nitrogen and oxygen atoms in total. The van der Waals surface area contributed by atoms with E-state index in [1.54, 1.807) is 6.21 Å². The number of unbranched alkanes of at least 4 members (excludes halogenated alkanes) is 2. The lowest BCUT2D eigenvalue weighted by Gasteiger charge is -2.40. The molecule has 0 saturated carbocycles. The van der Waals surface area contributed by atoms with Crippen molar-refractivity contribution in [2.45, 2.75) is 104 Å². The highest BCUT2D eigenvalue weighted by molar-refractivity contribution is 5.86. The van der Waals surface area contributed by atoms with Crippen molar-refractivity contribution in [3.8, 4) is 0 Å². The van der Waals surface area contributed by atoms with Crippen LogP contribution in [0.15, 0.2) is 29.4 Å². The van der Waals surface area contributed by atoms with Gasteiger partial charge in [-0.2, -0.15) is 0 Å². The number of piperidine rings is 1. The fourth-order valence-corrected chi connectivity index (χ4v) is 4.73. The molecule has 1 saturated heterocycles. The zero-order valence-corrected chi connectivity index (χ0v) is 23.2. The van der Waals surface area contributed by atoms with Crippen LogP contribution in [0.4, 0.5) is 5.69 Å². The van der Waals surface area contributed by atoms with Crippen LogP contribution in [0.2, 0.25) is 0 Å². The first kappa shape index (κ1) is 28.3. The molecule has 1 N–H and O–H groups in total. The Balaban J connectivity index is 1.91. The fourth-order valence-electron chi connectivity index (χ4n) is 4.73. The Morgan fingerprint density at radius 3 is 2.50 bits per heavy atom. The average molecular weight is 500 g/mol. The number of dihydropyridines is 1. The highest BCUT2D eigenvalue weighted by atomic mass is 16.6. The molecule has 0 aliphatic carbocycles. The van der Waals surface area contributed by atoms with Crippen molar-refractivity contribution in [1.29, 1.82) is 0 Å². The minimum Gasteiger partial charge on any atom is -0.479 e. The Kier molecular flexibility index (Phi) is 8.99. The first-order valence-electron chi connectivity index (χ1n) is 13.4. The molecular formula is C29H45N3O4. The van der Waals surface area contributed by atoms with E-state index in [0.717, 1.165) is 62.1 Å². The van der Waals surface area contributed by atoms with Crippen molar-refractivity contribution in [3.63, 3.8) is 0 Å². The van der Waals surface area contributed by atoms with E-state index in [1.165, 1.54) is 0 Å². The zero-order valence-electron chi connectivity index (χ0n) is 23.2. The molecule has 200 valence electrons. The van der Waals surface area contributed by atoms with E-state index in [2.05, 4.69) is 36.7 Å². The van der Waals surface area contributed by atoms with Crippen molar-refractivity contribution in [3.05, 3.63) is 35.7 Å². The number of ether oxygens (including phenoxy) is 2. The number of aryl methyl sites for hydroxylation is 1. The summed E-state index contributed by atoms with van der Waals surface area (Å²) in [4.78, 5) is 24.2. The van der Waals surface area contributed by atoms with Gasteiger partial charge in [0.05, 0.1) is 11.6 Å². The maximum Gasteiger partial charge on any atom is 0.336 e. The molecule has 0 spiro atoms. The van der Waals surface area contributed by atoms with E-state index in [-0.39, 0.29) is 6.04 Å². The summed E-state index contributed by atoms with van der Waals surface area (Å²) in [6.45, 7) is 16.8. The molecule has 0 radical (unpaired) electrons. The summed E-state index contributed by atoms with van der Waals surface area (Å²) in [6, 6.07) is 1.88. The smallest absolute Gasteiger partial charge is 0.336 e. The van der Waals surface area contributed by atoms with Gasteiger partial charge in [0.25, 0.3) is 0 Å². The van der Waals surface area contributed by atoms with Crippen molar-refractivity contribution in [1.82, 2.24) is 4.98 Å². The number of hydrogen-bond acceptors (Lipinski definition) is 6. The van der Waals surface area contributed by atoms with Gasteiger partial charge in [-0.3, -0.25) is 9.98 Å². The predicted octanol–water partition coefficient (Wildman–Crippen LogP) is 5.91. The molecule has 0 aromatic carbocycles. The third-order valence-electron chi connectivity index (χ3n) is 7.01. The Morgan fingerprint density at radius 2 is 1.94 bits per heavy atom. The van der Waals surface area contributed by atoms with Crippen molar-refractivity contribution in [2.75, 3.05) is 24.6 Å². The molecule has 3 atom stereocenters. The van der Waals surface area contributed by atoms with Crippen molar-refractivity contribution >= 4 is 17.9 Å². The van der Waals surface area contributed by atoms with Crippen LogP contribution >= 0.6 is 0 Å². The number of aliphatic imine (C=N–C) groups is 1. The molecule has 1 fully saturated rings. The highest BCUT2D eigenvalue weighted by Gasteiger charge is 2.46. The van der Waals surface area contributed by atoms with Gasteiger partial charge in [-0.25, -0.2) is 4.79 Å². The number of carboxylic acid groups (broad SMARTS) is 1. The SMILES string of the molecule is CCCCCOC1(C(OC(C)(C)C)C(=O)O)C=CC(c2cnc(C)cc2N2CCC(C)(C)CC2)N=C1. The maximum atomic E-state index is 12.4. The minimum atomic E-state index is -1.27. The van der Waals surface area contributed by atoms with E-state index >= 15 is 0 Å². The molecule has 0 bridgehead atoms. The molecule has 3 unspecified atom stereocenters. The standard InChI is InChI=1S/C29H45N3O4/c1-8-9-10-17-35-29(25(26(33)34)36-27(3,4)5)12-11-23(31-20-29)22-19-30-21(2)18-24(22)32-15-13-28(6,7)14-16-32/h11-12,18-20,23,25H,8-10,13-17H2,1-7H3,(H,33,34). The quantitative estimate of drug-likeness (QED) is 0.318. The van der Waals surface area contributed by atoms with Gasteiger partial charge in [-0.15, -0.1) is 0 Å². The molecule has 1 aromatic rings. The van der Waals surface area contributed by atoms with Gasteiger partial charge in [0, 0.05) is 49.1 Å². The number of hydrogen-bond donors (Lipinski definition) is 1. The summed E-state index contributed by atoms with van der Waals surface area (Å²) < 4.78 is 12.3. The Hall–Kier alpha value is -2.25. The van der Waals surface area contributed by atoms with Crippen molar-refractivity contribution < 1.29 is 19.4 Å². The third-order valence-corrected chi connectivity index (χ3v) is 7.01. The number of carbonyl (C=O) groups is 1. The summed E-state index contributed by atoms with van der Waals surface area (Å²) in [5.41, 5.74) is 1.59. The van der Waals surface area contributed by atoms with Crippen molar-refractivity contribution in [2.24, 2.45) is 10.4 Å². The number of anilines is 1. The summed E-state index contributed by atoms with van der Waals surface area (Å²) in [5.74, 6) is -1.07. The monoisotopic (exact) mass is 499 g/mol. The Labute approximate surface area is 217 Å².